The number of hydrogen-bond donors (Lipinski definition) is 2. The number of aromatic nitrogens is 2. The Hall–Kier alpha value is -1.36. The van der Waals surface area contributed by atoms with Crippen molar-refractivity contribution in [2.24, 2.45) is 5.73 Å². The molecule has 1 aromatic heterocycles. The van der Waals surface area contributed by atoms with Gasteiger partial charge in [-0.15, -0.1) is 0 Å². The molecule has 0 saturated heterocycles. The van der Waals surface area contributed by atoms with Crippen LogP contribution >= 0.6 is 0 Å². The third kappa shape index (κ3) is 6.06. The van der Waals surface area contributed by atoms with Crippen molar-refractivity contribution in [3.8, 4) is 5.88 Å². The molecule has 0 fully saturated rings. The Labute approximate surface area is 103 Å². The Morgan fingerprint density at radius 1 is 1.29 bits per heavy atom. The minimum Gasteiger partial charge on any atom is -0.475 e. The van der Waals surface area contributed by atoms with E-state index in [1.54, 1.807) is 0 Å². The van der Waals surface area contributed by atoms with Gasteiger partial charge in [0.1, 0.15) is 12.1 Å². The number of nitrogens with two attached hydrogens (primary N) is 1. The van der Waals surface area contributed by atoms with E-state index in [2.05, 4.69) is 15.3 Å². The van der Waals surface area contributed by atoms with Crippen LogP contribution in [-0.2, 0) is 0 Å². The van der Waals surface area contributed by atoms with E-state index in [1.165, 1.54) is 6.33 Å². The molecule has 5 heteroatoms. The molecule has 1 rings (SSSR count). The maximum Gasteiger partial charge on any atom is 0.218 e. The summed E-state index contributed by atoms with van der Waals surface area (Å²) in [6.45, 7) is 5.61. The molecule has 0 atom stereocenters. The molecule has 0 unspecified atom stereocenters. The average molecular weight is 238 g/mol. The first-order chi connectivity index (χ1) is 8.22. The third-order valence-corrected chi connectivity index (χ3v) is 2.19. The summed E-state index contributed by atoms with van der Waals surface area (Å²) in [4.78, 5) is 8.18. The van der Waals surface area contributed by atoms with E-state index in [9.17, 15) is 0 Å². The van der Waals surface area contributed by atoms with Gasteiger partial charge in [-0.1, -0.05) is 6.42 Å². The first kappa shape index (κ1) is 13.7. The monoisotopic (exact) mass is 238 g/mol. The number of hydrogen-bond acceptors (Lipinski definition) is 5. The molecule has 5 nitrogen and oxygen atoms in total. The van der Waals surface area contributed by atoms with Crippen molar-refractivity contribution in [1.29, 1.82) is 0 Å². The number of unbranched alkanes of at least 4 members (excludes halogenated alkanes) is 2. The molecule has 0 amide bonds. The lowest BCUT2D eigenvalue weighted by Crippen LogP contribution is -2.09. The van der Waals surface area contributed by atoms with Gasteiger partial charge in [0.15, 0.2) is 0 Å². The summed E-state index contributed by atoms with van der Waals surface area (Å²) in [5.41, 5.74) is 5.43. The van der Waals surface area contributed by atoms with Gasteiger partial charge in [0.2, 0.25) is 5.88 Å². The summed E-state index contributed by atoms with van der Waals surface area (Å²) >= 11 is 0. The predicted octanol–water partition coefficient (Wildman–Crippen LogP) is 1.80. The predicted molar refractivity (Wildman–Crippen MR) is 69.2 cm³/mol. The van der Waals surface area contributed by atoms with Crippen LogP contribution in [0.25, 0.3) is 0 Å². The molecule has 0 radical (unpaired) electrons. The topological polar surface area (TPSA) is 73.1 Å². The molecule has 0 bridgehead atoms. The largest absolute Gasteiger partial charge is 0.475 e. The van der Waals surface area contributed by atoms with Crippen LogP contribution in [0, 0.1) is 0 Å². The third-order valence-electron chi connectivity index (χ3n) is 2.19. The van der Waals surface area contributed by atoms with Crippen molar-refractivity contribution >= 4 is 5.82 Å². The van der Waals surface area contributed by atoms with E-state index in [0.717, 1.165) is 38.2 Å². The van der Waals surface area contributed by atoms with Gasteiger partial charge in [-0.05, 0) is 33.2 Å². The lowest BCUT2D eigenvalue weighted by molar-refractivity contribution is 0.232. The molecular formula is C12H22N4O. The molecule has 96 valence electrons. The number of nitrogens with zero attached hydrogens (tertiary/aromatic N) is 2. The Kier molecular flexibility index (Phi) is 6.32. The number of anilines is 1. The molecule has 1 heterocycles. The maximum atomic E-state index is 5.49. The Balaban J connectivity index is 2.32. The van der Waals surface area contributed by atoms with Gasteiger partial charge in [0.25, 0.3) is 0 Å². The van der Waals surface area contributed by atoms with Crippen molar-refractivity contribution in [1.82, 2.24) is 9.97 Å². The van der Waals surface area contributed by atoms with Crippen LogP contribution in [0.4, 0.5) is 5.82 Å². The lowest BCUT2D eigenvalue weighted by Gasteiger charge is -2.10. The first-order valence-corrected chi connectivity index (χ1v) is 6.15. The fourth-order valence-electron chi connectivity index (χ4n) is 1.40. The summed E-state index contributed by atoms with van der Waals surface area (Å²) in [5, 5.41) is 3.25. The van der Waals surface area contributed by atoms with Crippen molar-refractivity contribution in [3.63, 3.8) is 0 Å². The molecule has 1 aromatic rings. The normalized spacial score (nSPS) is 10.6. The summed E-state index contributed by atoms with van der Waals surface area (Å²) < 4.78 is 5.49. The molecule has 17 heavy (non-hydrogen) atoms. The zero-order chi connectivity index (χ0) is 12.5. The van der Waals surface area contributed by atoms with Crippen molar-refractivity contribution in [2.75, 3.05) is 18.4 Å². The molecule has 0 aliphatic rings. The summed E-state index contributed by atoms with van der Waals surface area (Å²) in [6, 6.07) is 1.82. The van der Waals surface area contributed by atoms with Gasteiger partial charge < -0.3 is 15.8 Å². The van der Waals surface area contributed by atoms with Gasteiger partial charge in [0, 0.05) is 12.6 Å². The molecule has 0 aliphatic carbocycles. The van der Waals surface area contributed by atoms with E-state index in [-0.39, 0.29) is 6.10 Å². The molecule has 0 aromatic carbocycles. The van der Waals surface area contributed by atoms with E-state index in [1.807, 2.05) is 19.9 Å². The van der Waals surface area contributed by atoms with E-state index in [4.69, 9.17) is 10.5 Å². The van der Waals surface area contributed by atoms with Gasteiger partial charge >= 0.3 is 0 Å². The van der Waals surface area contributed by atoms with Gasteiger partial charge in [-0.3, -0.25) is 0 Å². The summed E-state index contributed by atoms with van der Waals surface area (Å²) in [5.74, 6) is 1.42. The minimum atomic E-state index is 0.127. The second-order valence-corrected chi connectivity index (χ2v) is 4.18. The fraction of sp³-hybridized carbons (Fsp3) is 0.667. The molecule has 0 aliphatic heterocycles. The van der Waals surface area contributed by atoms with Gasteiger partial charge in [-0.2, -0.15) is 0 Å². The highest BCUT2D eigenvalue weighted by molar-refractivity contribution is 5.36. The van der Waals surface area contributed by atoms with Crippen LogP contribution in [-0.4, -0.2) is 29.2 Å². The number of rotatable bonds is 8. The second-order valence-electron chi connectivity index (χ2n) is 4.18. The summed E-state index contributed by atoms with van der Waals surface area (Å²) in [6.07, 6.45) is 4.96. The van der Waals surface area contributed by atoms with Gasteiger partial charge in [0.05, 0.1) is 6.10 Å². The quantitative estimate of drug-likeness (QED) is 0.676. The zero-order valence-electron chi connectivity index (χ0n) is 10.6. The average Bonchev–Trinajstić information content (AvgIpc) is 2.28. The van der Waals surface area contributed by atoms with Crippen molar-refractivity contribution in [3.05, 3.63) is 12.4 Å². The van der Waals surface area contributed by atoms with Crippen LogP contribution in [0.15, 0.2) is 12.4 Å². The van der Waals surface area contributed by atoms with Crippen molar-refractivity contribution < 1.29 is 4.74 Å². The van der Waals surface area contributed by atoms with Crippen LogP contribution < -0.4 is 15.8 Å². The standard InChI is InChI=1S/C12H22N4O/c1-10(2)17-12-8-11(15-9-16-12)14-7-5-3-4-6-13/h8-10H,3-7,13H2,1-2H3,(H,14,15,16). The first-order valence-electron chi connectivity index (χ1n) is 6.15. The molecule has 0 saturated carbocycles. The van der Waals surface area contributed by atoms with E-state index < -0.39 is 0 Å². The maximum absolute atomic E-state index is 5.49. The Bertz CT molecular complexity index is 317. The smallest absolute Gasteiger partial charge is 0.218 e. The minimum absolute atomic E-state index is 0.127. The highest BCUT2D eigenvalue weighted by Gasteiger charge is 2.01. The van der Waals surface area contributed by atoms with Crippen LogP contribution in [0.2, 0.25) is 0 Å². The van der Waals surface area contributed by atoms with Gasteiger partial charge in [-0.25, -0.2) is 9.97 Å². The Morgan fingerprint density at radius 3 is 2.82 bits per heavy atom. The van der Waals surface area contributed by atoms with Crippen molar-refractivity contribution in [2.45, 2.75) is 39.2 Å². The van der Waals surface area contributed by atoms with Crippen LogP contribution in [0.5, 0.6) is 5.88 Å². The fourth-order valence-corrected chi connectivity index (χ4v) is 1.40. The second kappa shape index (κ2) is 7.84. The number of ether oxygens (including phenoxy) is 1. The highest BCUT2D eigenvalue weighted by Crippen LogP contribution is 2.12. The van der Waals surface area contributed by atoms with E-state index in [0.29, 0.717) is 5.88 Å². The number of nitrogens with one attached hydrogen (secondary N) is 1. The van der Waals surface area contributed by atoms with Crippen LogP contribution in [0.3, 0.4) is 0 Å². The SMILES string of the molecule is CC(C)Oc1cc(NCCCCCN)ncn1. The zero-order valence-corrected chi connectivity index (χ0v) is 10.6. The summed E-state index contributed by atoms with van der Waals surface area (Å²) in [7, 11) is 0. The van der Waals surface area contributed by atoms with E-state index >= 15 is 0 Å². The molecule has 0 spiro atoms. The Morgan fingerprint density at radius 2 is 2.12 bits per heavy atom. The highest BCUT2D eigenvalue weighted by atomic mass is 16.5. The lowest BCUT2D eigenvalue weighted by atomic mass is 10.2. The molecule has 3 N–H and O–H groups in total. The van der Waals surface area contributed by atoms with Crippen LogP contribution in [0.1, 0.15) is 33.1 Å². The molecular weight excluding hydrogens is 216 g/mol.